The molecule has 0 spiro atoms. The summed E-state index contributed by atoms with van der Waals surface area (Å²) in [7, 11) is 1.50. The van der Waals surface area contributed by atoms with E-state index in [9.17, 15) is 19.5 Å². The zero-order valence-electron chi connectivity index (χ0n) is 17.8. The fraction of sp³-hybridized carbons (Fsp3) is 0.292. The second-order valence-corrected chi connectivity index (χ2v) is 7.24. The molecule has 7 nitrogen and oxygen atoms in total. The van der Waals surface area contributed by atoms with Crippen LogP contribution in [0.15, 0.2) is 54.1 Å². The Hall–Kier alpha value is -3.61. The lowest BCUT2D eigenvalue weighted by Crippen LogP contribution is -2.30. The topological polar surface area (TPSA) is 93.1 Å². The maximum absolute atomic E-state index is 13.0. The summed E-state index contributed by atoms with van der Waals surface area (Å²) in [4.78, 5) is 38.7. The van der Waals surface area contributed by atoms with Gasteiger partial charge in [0.1, 0.15) is 17.3 Å². The number of esters is 1. The molecule has 0 aromatic heterocycles. The van der Waals surface area contributed by atoms with E-state index in [1.807, 2.05) is 6.92 Å². The number of likely N-dealkylation sites (tertiary alicyclic amines) is 1. The third-order valence-corrected chi connectivity index (χ3v) is 5.07. The van der Waals surface area contributed by atoms with Crippen molar-refractivity contribution in [3.05, 3.63) is 65.2 Å². The van der Waals surface area contributed by atoms with E-state index in [-0.39, 0.29) is 11.3 Å². The van der Waals surface area contributed by atoms with Crippen LogP contribution in [-0.4, -0.2) is 41.3 Å². The Morgan fingerprint density at radius 1 is 1.10 bits per heavy atom. The number of unbranched alkanes of at least 4 members (excludes halogenated alkanes) is 1. The van der Waals surface area contributed by atoms with Gasteiger partial charge >= 0.3 is 5.97 Å². The van der Waals surface area contributed by atoms with Crippen molar-refractivity contribution >= 4 is 23.4 Å². The number of amides is 1. The highest BCUT2D eigenvalue weighted by atomic mass is 16.5. The first-order valence-electron chi connectivity index (χ1n) is 10.1. The van der Waals surface area contributed by atoms with Gasteiger partial charge in [-0.1, -0.05) is 37.6 Å². The summed E-state index contributed by atoms with van der Waals surface area (Å²) >= 11 is 0. The van der Waals surface area contributed by atoms with Crippen LogP contribution >= 0.6 is 0 Å². The van der Waals surface area contributed by atoms with Gasteiger partial charge in [0.05, 0.1) is 18.7 Å². The lowest BCUT2D eigenvalue weighted by atomic mass is 9.95. The van der Waals surface area contributed by atoms with Crippen LogP contribution in [0.5, 0.6) is 11.5 Å². The second kappa shape index (κ2) is 9.47. The summed E-state index contributed by atoms with van der Waals surface area (Å²) in [6, 6.07) is 12.5. The molecule has 1 aliphatic rings. The molecule has 7 heteroatoms. The number of rotatable bonds is 7. The maximum Gasteiger partial charge on any atom is 0.308 e. The number of aliphatic hydroxyl groups excluding tert-OH is 1. The number of ether oxygens (including phenoxy) is 2. The minimum atomic E-state index is -0.798. The maximum atomic E-state index is 13.0. The molecule has 1 aliphatic heterocycles. The number of hydrogen-bond acceptors (Lipinski definition) is 6. The molecule has 0 saturated carbocycles. The third-order valence-electron chi connectivity index (χ3n) is 5.07. The van der Waals surface area contributed by atoms with Crippen LogP contribution in [0.1, 0.15) is 43.9 Å². The van der Waals surface area contributed by atoms with Crippen LogP contribution in [0, 0.1) is 0 Å². The van der Waals surface area contributed by atoms with E-state index in [0.717, 1.165) is 6.42 Å². The lowest BCUT2D eigenvalue weighted by molar-refractivity contribution is -0.139. The first kappa shape index (κ1) is 22.1. The normalized spacial score (nSPS) is 17.6. The lowest BCUT2D eigenvalue weighted by Gasteiger charge is -2.25. The first-order chi connectivity index (χ1) is 14.9. The van der Waals surface area contributed by atoms with Crippen LogP contribution in [0.4, 0.5) is 0 Å². The van der Waals surface area contributed by atoms with Gasteiger partial charge in [-0.3, -0.25) is 14.4 Å². The van der Waals surface area contributed by atoms with E-state index in [0.29, 0.717) is 35.6 Å². The molecule has 0 radical (unpaired) electrons. The molecule has 3 rings (SSSR count). The summed E-state index contributed by atoms with van der Waals surface area (Å²) in [5.41, 5.74) is 0.932. The largest absolute Gasteiger partial charge is 0.507 e. The molecule has 0 bridgehead atoms. The molecule has 1 saturated heterocycles. The minimum absolute atomic E-state index is 0.00525. The molecule has 2 aromatic carbocycles. The van der Waals surface area contributed by atoms with Crippen molar-refractivity contribution < 1.29 is 29.0 Å². The highest BCUT2D eigenvalue weighted by molar-refractivity contribution is 6.46. The number of benzene rings is 2. The molecular formula is C24H25NO6. The third kappa shape index (κ3) is 4.60. The van der Waals surface area contributed by atoms with Crippen molar-refractivity contribution in [2.24, 2.45) is 0 Å². The van der Waals surface area contributed by atoms with Gasteiger partial charge in [0.15, 0.2) is 0 Å². The second-order valence-electron chi connectivity index (χ2n) is 7.24. The van der Waals surface area contributed by atoms with E-state index in [4.69, 9.17) is 9.47 Å². The van der Waals surface area contributed by atoms with Gasteiger partial charge in [0.25, 0.3) is 11.7 Å². The smallest absolute Gasteiger partial charge is 0.308 e. The van der Waals surface area contributed by atoms with Crippen LogP contribution in [0.3, 0.4) is 0 Å². The molecule has 1 heterocycles. The highest BCUT2D eigenvalue weighted by Crippen LogP contribution is 2.40. The van der Waals surface area contributed by atoms with E-state index < -0.39 is 23.7 Å². The Balaban J connectivity index is 2.16. The summed E-state index contributed by atoms with van der Waals surface area (Å²) in [5, 5.41) is 11.1. The molecule has 31 heavy (non-hydrogen) atoms. The van der Waals surface area contributed by atoms with Crippen molar-refractivity contribution in [2.45, 2.75) is 32.7 Å². The molecular weight excluding hydrogens is 398 g/mol. The number of hydrogen-bond donors (Lipinski definition) is 1. The van der Waals surface area contributed by atoms with Crippen molar-refractivity contribution in [1.29, 1.82) is 0 Å². The molecule has 1 amide bonds. The molecule has 2 aromatic rings. The SMILES string of the molecule is CCCCN1C(=O)C(=O)/C(=C(\O)c2cccc(OC)c2)C1c1cccc(OC(C)=O)c1. The summed E-state index contributed by atoms with van der Waals surface area (Å²) in [5.74, 6) is -1.36. The van der Waals surface area contributed by atoms with Crippen molar-refractivity contribution in [3.8, 4) is 11.5 Å². The Bertz CT molecular complexity index is 1040. The number of Topliss-reactive ketones (excluding diaryl/α,β-unsaturated/α-hetero) is 1. The van der Waals surface area contributed by atoms with Gasteiger partial charge in [-0.15, -0.1) is 0 Å². The molecule has 1 fully saturated rings. The van der Waals surface area contributed by atoms with Crippen LogP contribution in [-0.2, 0) is 14.4 Å². The first-order valence-corrected chi connectivity index (χ1v) is 10.1. The van der Waals surface area contributed by atoms with E-state index >= 15 is 0 Å². The minimum Gasteiger partial charge on any atom is -0.507 e. The Morgan fingerprint density at radius 3 is 2.48 bits per heavy atom. The van der Waals surface area contributed by atoms with Crippen LogP contribution in [0.2, 0.25) is 0 Å². The number of carbonyl (C=O) groups is 3. The molecule has 1 atom stereocenters. The molecule has 1 N–H and O–H groups in total. The number of aliphatic hydroxyl groups is 1. The predicted molar refractivity (Wildman–Crippen MR) is 115 cm³/mol. The zero-order chi connectivity index (χ0) is 22.5. The van der Waals surface area contributed by atoms with Gasteiger partial charge in [-0.05, 0) is 36.2 Å². The highest BCUT2D eigenvalue weighted by Gasteiger charge is 2.45. The van der Waals surface area contributed by atoms with Gasteiger partial charge in [0.2, 0.25) is 0 Å². The van der Waals surface area contributed by atoms with Crippen LogP contribution in [0.25, 0.3) is 5.76 Å². The van der Waals surface area contributed by atoms with Crippen LogP contribution < -0.4 is 9.47 Å². The number of carbonyl (C=O) groups excluding carboxylic acids is 3. The predicted octanol–water partition coefficient (Wildman–Crippen LogP) is 3.84. The van der Waals surface area contributed by atoms with E-state index in [1.165, 1.54) is 18.9 Å². The van der Waals surface area contributed by atoms with Gasteiger partial charge in [-0.2, -0.15) is 0 Å². The van der Waals surface area contributed by atoms with Crippen molar-refractivity contribution in [1.82, 2.24) is 4.90 Å². The fourth-order valence-electron chi connectivity index (χ4n) is 3.63. The zero-order valence-corrected chi connectivity index (χ0v) is 17.8. The summed E-state index contributed by atoms with van der Waals surface area (Å²) in [6.45, 7) is 3.64. The van der Waals surface area contributed by atoms with Gasteiger partial charge in [0, 0.05) is 19.0 Å². The van der Waals surface area contributed by atoms with E-state index in [2.05, 4.69) is 0 Å². The van der Waals surface area contributed by atoms with Crippen molar-refractivity contribution in [2.75, 3.05) is 13.7 Å². The quantitative estimate of drug-likeness (QED) is 0.239. The molecule has 162 valence electrons. The van der Waals surface area contributed by atoms with Gasteiger partial charge in [-0.25, -0.2) is 0 Å². The molecule has 1 unspecified atom stereocenters. The average Bonchev–Trinajstić information content (AvgIpc) is 3.01. The fourth-order valence-corrected chi connectivity index (χ4v) is 3.63. The van der Waals surface area contributed by atoms with Gasteiger partial charge < -0.3 is 19.5 Å². The monoisotopic (exact) mass is 423 g/mol. The average molecular weight is 423 g/mol. The Morgan fingerprint density at radius 2 is 1.81 bits per heavy atom. The number of methoxy groups -OCH3 is 1. The Kier molecular flexibility index (Phi) is 6.74. The number of ketones is 1. The Labute approximate surface area is 180 Å². The summed E-state index contributed by atoms with van der Waals surface area (Å²) < 4.78 is 10.4. The summed E-state index contributed by atoms with van der Waals surface area (Å²) in [6.07, 6.45) is 1.53. The van der Waals surface area contributed by atoms with E-state index in [1.54, 1.807) is 48.5 Å². The molecule has 0 aliphatic carbocycles. The van der Waals surface area contributed by atoms with Crippen molar-refractivity contribution in [3.63, 3.8) is 0 Å². The standard InChI is InChI=1S/C24H25NO6/c1-4-5-12-25-21(16-8-6-11-19(13-16)31-15(2)26)20(23(28)24(25)29)22(27)17-9-7-10-18(14-17)30-3/h6-11,13-14,21,27H,4-5,12H2,1-3H3/b22-20-. The number of nitrogens with zero attached hydrogens (tertiary/aromatic N) is 1.